The number of carbonyl (C=O) groups excluding carboxylic acids is 1. The lowest BCUT2D eigenvalue weighted by Crippen LogP contribution is -2.23. The zero-order chi connectivity index (χ0) is 20.1. The summed E-state index contributed by atoms with van der Waals surface area (Å²) in [6.07, 6.45) is 1.45. The lowest BCUT2D eigenvalue weighted by atomic mass is 10.3. The maximum absolute atomic E-state index is 13.7. The van der Waals surface area contributed by atoms with Crippen LogP contribution >= 0.6 is 11.8 Å². The number of carbonyl (C=O) groups is 1. The predicted octanol–water partition coefficient (Wildman–Crippen LogP) is 1.45. The van der Waals surface area contributed by atoms with Gasteiger partial charge >= 0.3 is 0 Å². The summed E-state index contributed by atoms with van der Waals surface area (Å²) in [7, 11) is 3.07. The largest absolute Gasteiger partial charge is 0.491 e. The number of hydrogen-bond donors (Lipinski definition) is 1. The second-order valence-corrected chi connectivity index (χ2v) is 6.67. The number of anilines is 1. The van der Waals surface area contributed by atoms with Crippen LogP contribution in [0.3, 0.4) is 0 Å². The minimum Gasteiger partial charge on any atom is -0.491 e. The first-order valence-corrected chi connectivity index (χ1v) is 9.13. The van der Waals surface area contributed by atoms with E-state index in [4.69, 9.17) is 4.74 Å². The number of tetrazole rings is 1. The molecule has 0 aliphatic rings. The molecule has 0 atom stereocenters. The number of halogens is 1. The van der Waals surface area contributed by atoms with Crippen molar-refractivity contribution in [3.05, 3.63) is 58.3 Å². The predicted molar refractivity (Wildman–Crippen MR) is 101 cm³/mol. The number of hydrogen-bond acceptors (Lipinski definition) is 7. The molecule has 3 rings (SSSR count). The first kappa shape index (κ1) is 19.5. The van der Waals surface area contributed by atoms with Crippen LogP contribution in [-0.2, 0) is 24.1 Å². The second kappa shape index (κ2) is 8.65. The molecule has 2 heterocycles. The summed E-state index contributed by atoms with van der Waals surface area (Å²) in [4.78, 5) is 24.5. The Balaban J connectivity index is 1.81. The lowest BCUT2D eigenvalue weighted by molar-refractivity contribution is -0.116. The highest BCUT2D eigenvalue weighted by atomic mass is 32.2. The van der Waals surface area contributed by atoms with E-state index in [-0.39, 0.29) is 23.4 Å². The number of nitrogens with one attached hydrogen (secondary N) is 1. The van der Waals surface area contributed by atoms with Gasteiger partial charge in [0, 0.05) is 24.6 Å². The zero-order valence-corrected chi connectivity index (χ0v) is 15.9. The van der Waals surface area contributed by atoms with E-state index in [9.17, 15) is 14.0 Å². The molecule has 28 heavy (non-hydrogen) atoms. The van der Waals surface area contributed by atoms with Gasteiger partial charge in [0.05, 0.1) is 19.0 Å². The fraction of sp³-hybridized carbons (Fsp3) is 0.235. The number of benzene rings is 1. The SMILES string of the molecule is COc1cn(CC(=O)Nc2ccccc2F)c(CSc2nnnn2C)cc1=O. The number of pyridine rings is 1. The molecule has 0 unspecified atom stereocenters. The van der Waals surface area contributed by atoms with Crippen molar-refractivity contribution in [3.8, 4) is 5.75 Å². The number of aromatic nitrogens is 5. The molecule has 146 valence electrons. The van der Waals surface area contributed by atoms with E-state index in [1.165, 1.54) is 54.0 Å². The van der Waals surface area contributed by atoms with Crippen LogP contribution in [0.15, 0.2) is 46.5 Å². The van der Waals surface area contributed by atoms with Crippen LogP contribution in [0.25, 0.3) is 0 Å². The Kier molecular flexibility index (Phi) is 6.04. The van der Waals surface area contributed by atoms with Crippen molar-refractivity contribution < 1.29 is 13.9 Å². The molecule has 1 N–H and O–H groups in total. The van der Waals surface area contributed by atoms with Crippen LogP contribution in [-0.4, -0.2) is 37.8 Å². The Bertz CT molecular complexity index is 1050. The highest BCUT2D eigenvalue weighted by molar-refractivity contribution is 7.98. The smallest absolute Gasteiger partial charge is 0.244 e. The van der Waals surface area contributed by atoms with Crippen molar-refractivity contribution in [1.82, 2.24) is 24.8 Å². The van der Waals surface area contributed by atoms with Crippen LogP contribution in [0, 0.1) is 5.82 Å². The summed E-state index contributed by atoms with van der Waals surface area (Å²) >= 11 is 1.31. The van der Waals surface area contributed by atoms with E-state index in [1.54, 1.807) is 17.7 Å². The minimum absolute atomic E-state index is 0.0848. The van der Waals surface area contributed by atoms with Crippen molar-refractivity contribution in [3.63, 3.8) is 0 Å². The second-order valence-electron chi connectivity index (χ2n) is 5.73. The van der Waals surface area contributed by atoms with E-state index in [1.807, 2.05) is 0 Å². The lowest BCUT2D eigenvalue weighted by Gasteiger charge is -2.14. The van der Waals surface area contributed by atoms with E-state index >= 15 is 0 Å². The summed E-state index contributed by atoms with van der Waals surface area (Å²) < 4.78 is 21.9. The molecule has 1 aromatic carbocycles. The monoisotopic (exact) mass is 404 g/mol. The number of para-hydroxylation sites is 1. The summed E-state index contributed by atoms with van der Waals surface area (Å²) in [5, 5.41) is 14.3. The molecule has 0 spiro atoms. The van der Waals surface area contributed by atoms with Crippen molar-refractivity contribution in [2.24, 2.45) is 7.05 Å². The third-order valence-corrected chi connectivity index (χ3v) is 4.84. The standard InChI is InChI=1S/C17H17FN6O3S/c1-23-17(20-21-22-23)28-10-11-7-14(25)15(27-2)8-24(11)9-16(26)19-13-6-4-3-5-12(13)18/h3-8H,9-10H2,1-2H3,(H,19,26). The summed E-state index contributed by atoms with van der Waals surface area (Å²) in [5.74, 6) is -0.519. The number of amides is 1. The Morgan fingerprint density at radius 2 is 2.14 bits per heavy atom. The molecule has 1 amide bonds. The van der Waals surface area contributed by atoms with Gasteiger partial charge in [-0.15, -0.1) is 5.10 Å². The highest BCUT2D eigenvalue weighted by Gasteiger charge is 2.13. The van der Waals surface area contributed by atoms with E-state index in [0.717, 1.165) is 0 Å². The average Bonchev–Trinajstić information content (AvgIpc) is 3.08. The number of ether oxygens (including phenoxy) is 1. The van der Waals surface area contributed by atoms with Gasteiger partial charge in [-0.1, -0.05) is 23.9 Å². The van der Waals surface area contributed by atoms with Crippen molar-refractivity contribution in [2.75, 3.05) is 12.4 Å². The van der Waals surface area contributed by atoms with Gasteiger partial charge in [-0.3, -0.25) is 9.59 Å². The van der Waals surface area contributed by atoms with E-state index < -0.39 is 11.7 Å². The molecule has 3 aromatic rings. The molecular weight excluding hydrogens is 387 g/mol. The maximum Gasteiger partial charge on any atom is 0.244 e. The highest BCUT2D eigenvalue weighted by Crippen LogP contribution is 2.20. The van der Waals surface area contributed by atoms with Crippen LogP contribution in [0.4, 0.5) is 10.1 Å². The summed E-state index contributed by atoms with van der Waals surface area (Å²) in [6, 6.07) is 7.28. The zero-order valence-electron chi connectivity index (χ0n) is 15.1. The van der Waals surface area contributed by atoms with Crippen LogP contribution < -0.4 is 15.5 Å². The number of nitrogens with zero attached hydrogens (tertiary/aromatic N) is 5. The Morgan fingerprint density at radius 1 is 1.36 bits per heavy atom. The fourth-order valence-corrected chi connectivity index (χ4v) is 3.25. The number of thioether (sulfide) groups is 1. The van der Waals surface area contributed by atoms with Gasteiger partial charge in [-0.05, 0) is 22.6 Å². The number of methoxy groups -OCH3 is 1. The van der Waals surface area contributed by atoms with Gasteiger partial charge in [-0.25, -0.2) is 9.07 Å². The topological polar surface area (TPSA) is 104 Å². The van der Waals surface area contributed by atoms with Gasteiger partial charge < -0.3 is 14.6 Å². The van der Waals surface area contributed by atoms with Gasteiger partial charge in [0.1, 0.15) is 12.4 Å². The first-order valence-electron chi connectivity index (χ1n) is 8.15. The van der Waals surface area contributed by atoms with Crippen molar-refractivity contribution in [1.29, 1.82) is 0 Å². The molecular formula is C17H17FN6O3S. The molecule has 0 aliphatic heterocycles. The third kappa shape index (κ3) is 4.55. The molecule has 0 saturated carbocycles. The quantitative estimate of drug-likeness (QED) is 0.595. The molecule has 0 radical (unpaired) electrons. The molecule has 0 fully saturated rings. The summed E-state index contributed by atoms with van der Waals surface area (Å²) in [6.45, 7) is -0.127. The molecule has 2 aromatic heterocycles. The fourth-order valence-electron chi connectivity index (χ4n) is 2.41. The molecule has 11 heteroatoms. The number of rotatable bonds is 7. The van der Waals surface area contributed by atoms with E-state index in [2.05, 4.69) is 20.8 Å². The van der Waals surface area contributed by atoms with Crippen LogP contribution in [0.1, 0.15) is 5.69 Å². The first-order chi connectivity index (χ1) is 13.5. The average molecular weight is 404 g/mol. The van der Waals surface area contributed by atoms with Crippen molar-refractivity contribution >= 4 is 23.4 Å². The normalized spacial score (nSPS) is 10.7. The van der Waals surface area contributed by atoms with E-state index in [0.29, 0.717) is 16.6 Å². The third-order valence-electron chi connectivity index (χ3n) is 3.79. The summed E-state index contributed by atoms with van der Waals surface area (Å²) in [5.41, 5.74) is 0.351. The van der Waals surface area contributed by atoms with Crippen molar-refractivity contribution in [2.45, 2.75) is 17.5 Å². The number of aryl methyl sites for hydroxylation is 1. The van der Waals surface area contributed by atoms with Crippen LogP contribution in [0.5, 0.6) is 5.75 Å². The Labute approximate surface area is 163 Å². The molecule has 0 saturated heterocycles. The van der Waals surface area contributed by atoms with Gasteiger partial charge in [0.2, 0.25) is 16.5 Å². The van der Waals surface area contributed by atoms with Gasteiger partial charge in [0.15, 0.2) is 5.75 Å². The molecule has 9 nitrogen and oxygen atoms in total. The Hall–Kier alpha value is -3.21. The maximum atomic E-state index is 13.7. The minimum atomic E-state index is -0.529. The van der Waals surface area contributed by atoms with Gasteiger partial charge in [0.25, 0.3) is 0 Å². The Morgan fingerprint density at radius 3 is 2.82 bits per heavy atom. The van der Waals surface area contributed by atoms with Gasteiger partial charge in [-0.2, -0.15) is 0 Å². The molecule has 0 aliphatic carbocycles. The van der Waals surface area contributed by atoms with Crippen LogP contribution in [0.2, 0.25) is 0 Å². The molecule has 0 bridgehead atoms.